The second-order valence-electron chi connectivity index (χ2n) is 7.52. The Labute approximate surface area is 199 Å². The second kappa shape index (κ2) is 10.9. The molecule has 1 atom stereocenters. The van der Waals surface area contributed by atoms with E-state index in [1.807, 2.05) is 32.0 Å². The fourth-order valence-electron chi connectivity index (χ4n) is 3.21. The van der Waals surface area contributed by atoms with Crippen LogP contribution in [0.1, 0.15) is 18.9 Å². The summed E-state index contributed by atoms with van der Waals surface area (Å²) in [5, 5.41) is 2.77. The molecule has 180 valence electrons. The number of aryl methyl sites for hydroxylation is 1. The van der Waals surface area contributed by atoms with Gasteiger partial charge in [0, 0.05) is 11.8 Å². The molecule has 0 spiro atoms. The summed E-state index contributed by atoms with van der Waals surface area (Å²) in [6, 6.07) is 18.1. The summed E-state index contributed by atoms with van der Waals surface area (Å²) in [5.41, 5.74) is 1.73. The van der Waals surface area contributed by atoms with E-state index < -0.39 is 16.1 Å². The normalized spacial score (nSPS) is 11.9. The van der Waals surface area contributed by atoms with Crippen LogP contribution in [0.4, 0.5) is 11.4 Å². The standard InChI is InChI=1S/C25H28N2O6S/c1-5-23(33-20-8-6-7-17(2)15-20)25(28)26-18-9-12-21(13-10-18)34(29,30)27-22-16-19(31-3)11-14-24(22)32-4/h6-16,23,27H,5H2,1-4H3,(H,26,28)/t23-/m0/s1. The number of rotatable bonds is 10. The number of ether oxygens (including phenoxy) is 3. The van der Waals surface area contributed by atoms with Gasteiger partial charge in [0.2, 0.25) is 0 Å². The number of carbonyl (C=O) groups excluding carboxylic acids is 1. The monoisotopic (exact) mass is 484 g/mol. The van der Waals surface area contributed by atoms with Crippen LogP contribution in [0.3, 0.4) is 0 Å². The van der Waals surface area contributed by atoms with Gasteiger partial charge in [0.1, 0.15) is 17.2 Å². The molecule has 0 saturated carbocycles. The van der Waals surface area contributed by atoms with Crippen LogP contribution in [0.2, 0.25) is 0 Å². The second-order valence-corrected chi connectivity index (χ2v) is 9.20. The van der Waals surface area contributed by atoms with E-state index in [-0.39, 0.29) is 16.5 Å². The number of carbonyl (C=O) groups is 1. The summed E-state index contributed by atoms with van der Waals surface area (Å²) in [7, 11) is -0.969. The first-order valence-electron chi connectivity index (χ1n) is 10.6. The number of hydrogen-bond acceptors (Lipinski definition) is 6. The third-order valence-corrected chi connectivity index (χ3v) is 6.40. The first kappa shape index (κ1) is 24.9. The Bertz CT molecular complexity index is 1240. The molecule has 9 heteroatoms. The molecule has 0 unspecified atom stereocenters. The Morgan fingerprint density at radius 2 is 1.68 bits per heavy atom. The van der Waals surface area contributed by atoms with E-state index in [9.17, 15) is 13.2 Å². The molecule has 8 nitrogen and oxygen atoms in total. The van der Waals surface area contributed by atoms with Crippen molar-refractivity contribution < 1.29 is 27.4 Å². The van der Waals surface area contributed by atoms with Gasteiger partial charge < -0.3 is 19.5 Å². The third-order valence-electron chi connectivity index (χ3n) is 5.01. The number of nitrogens with one attached hydrogen (secondary N) is 2. The van der Waals surface area contributed by atoms with Gasteiger partial charge in [-0.25, -0.2) is 8.42 Å². The summed E-state index contributed by atoms with van der Waals surface area (Å²) in [6.07, 6.45) is -0.217. The van der Waals surface area contributed by atoms with Gasteiger partial charge in [0.05, 0.1) is 24.8 Å². The lowest BCUT2D eigenvalue weighted by molar-refractivity contribution is -0.122. The molecule has 3 rings (SSSR count). The van der Waals surface area contributed by atoms with Crippen molar-refractivity contribution >= 4 is 27.3 Å². The van der Waals surface area contributed by atoms with Crippen LogP contribution in [0.15, 0.2) is 71.6 Å². The SMILES string of the molecule is CC[C@H](Oc1cccc(C)c1)C(=O)Nc1ccc(S(=O)(=O)Nc2cc(OC)ccc2OC)cc1. The topological polar surface area (TPSA) is 103 Å². The largest absolute Gasteiger partial charge is 0.497 e. The van der Waals surface area contributed by atoms with E-state index in [2.05, 4.69) is 10.0 Å². The summed E-state index contributed by atoms with van der Waals surface area (Å²) in [6.45, 7) is 3.80. The van der Waals surface area contributed by atoms with E-state index in [0.717, 1.165) is 5.56 Å². The lowest BCUT2D eigenvalue weighted by atomic mass is 10.2. The van der Waals surface area contributed by atoms with Crippen molar-refractivity contribution in [3.8, 4) is 17.2 Å². The molecule has 0 aliphatic rings. The van der Waals surface area contributed by atoms with Gasteiger partial charge in [-0.3, -0.25) is 9.52 Å². The Hall–Kier alpha value is -3.72. The molecule has 1 amide bonds. The van der Waals surface area contributed by atoms with Crippen molar-refractivity contribution in [3.05, 3.63) is 72.3 Å². The number of amides is 1. The highest BCUT2D eigenvalue weighted by Gasteiger charge is 2.20. The molecule has 0 saturated heterocycles. The maximum absolute atomic E-state index is 12.9. The Balaban J connectivity index is 1.71. The first-order valence-corrected chi connectivity index (χ1v) is 12.1. The molecule has 0 aromatic heterocycles. The van der Waals surface area contributed by atoms with E-state index in [1.54, 1.807) is 18.2 Å². The van der Waals surface area contributed by atoms with Crippen molar-refractivity contribution in [2.24, 2.45) is 0 Å². The number of hydrogen-bond donors (Lipinski definition) is 2. The van der Waals surface area contributed by atoms with Crippen molar-refractivity contribution in [2.45, 2.75) is 31.3 Å². The molecule has 3 aromatic rings. The average molecular weight is 485 g/mol. The molecule has 3 aromatic carbocycles. The Morgan fingerprint density at radius 3 is 2.29 bits per heavy atom. The third kappa shape index (κ3) is 6.20. The van der Waals surface area contributed by atoms with Gasteiger partial charge in [-0.2, -0.15) is 0 Å². The summed E-state index contributed by atoms with van der Waals surface area (Å²) in [4.78, 5) is 12.7. The lowest BCUT2D eigenvalue weighted by Gasteiger charge is -2.18. The highest BCUT2D eigenvalue weighted by atomic mass is 32.2. The predicted octanol–water partition coefficient (Wildman–Crippen LogP) is 4.61. The molecular formula is C25H28N2O6S. The quantitative estimate of drug-likeness (QED) is 0.436. The minimum atomic E-state index is -3.90. The molecule has 0 aliphatic heterocycles. The van der Waals surface area contributed by atoms with Crippen LogP contribution in [0, 0.1) is 6.92 Å². The maximum atomic E-state index is 12.9. The molecule has 2 N–H and O–H groups in total. The van der Waals surface area contributed by atoms with Crippen LogP contribution in [0.5, 0.6) is 17.2 Å². The van der Waals surface area contributed by atoms with Gasteiger partial charge in [0.25, 0.3) is 15.9 Å². The summed E-state index contributed by atoms with van der Waals surface area (Å²) >= 11 is 0. The Kier molecular flexibility index (Phi) is 8.01. The average Bonchev–Trinajstić information content (AvgIpc) is 2.82. The number of benzene rings is 3. The van der Waals surface area contributed by atoms with Crippen molar-refractivity contribution in [1.29, 1.82) is 0 Å². The molecule has 0 radical (unpaired) electrons. The molecule has 34 heavy (non-hydrogen) atoms. The minimum Gasteiger partial charge on any atom is -0.497 e. The predicted molar refractivity (Wildman–Crippen MR) is 131 cm³/mol. The smallest absolute Gasteiger partial charge is 0.265 e. The van der Waals surface area contributed by atoms with Gasteiger partial charge >= 0.3 is 0 Å². The van der Waals surface area contributed by atoms with E-state index in [0.29, 0.717) is 29.4 Å². The van der Waals surface area contributed by atoms with Crippen LogP contribution in [-0.2, 0) is 14.8 Å². The highest BCUT2D eigenvalue weighted by Crippen LogP contribution is 2.31. The molecule has 0 heterocycles. The summed E-state index contributed by atoms with van der Waals surface area (Å²) < 4.78 is 44.5. The number of sulfonamides is 1. The van der Waals surface area contributed by atoms with Gasteiger partial charge in [-0.1, -0.05) is 19.1 Å². The minimum absolute atomic E-state index is 0.0263. The lowest BCUT2D eigenvalue weighted by Crippen LogP contribution is -2.32. The van der Waals surface area contributed by atoms with E-state index in [4.69, 9.17) is 14.2 Å². The van der Waals surface area contributed by atoms with Crippen LogP contribution in [-0.4, -0.2) is 34.6 Å². The molecule has 0 aliphatic carbocycles. The molecule has 0 fully saturated rings. The van der Waals surface area contributed by atoms with Gasteiger partial charge in [0.15, 0.2) is 6.10 Å². The fourth-order valence-corrected chi connectivity index (χ4v) is 4.27. The van der Waals surface area contributed by atoms with Gasteiger partial charge in [-0.05, 0) is 67.4 Å². The number of anilines is 2. The first-order chi connectivity index (χ1) is 16.2. The van der Waals surface area contributed by atoms with E-state index >= 15 is 0 Å². The zero-order valence-electron chi connectivity index (χ0n) is 19.5. The van der Waals surface area contributed by atoms with Crippen LogP contribution in [0.25, 0.3) is 0 Å². The zero-order chi connectivity index (χ0) is 24.7. The Morgan fingerprint density at radius 1 is 0.941 bits per heavy atom. The van der Waals surface area contributed by atoms with Crippen LogP contribution < -0.4 is 24.2 Å². The molecule has 0 bridgehead atoms. The summed E-state index contributed by atoms with van der Waals surface area (Å²) in [5.74, 6) is 1.13. The van der Waals surface area contributed by atoms with Gasteiger partial charge in [-0.15, -0.1) is 0 Å². The number of methoxy groups -OCH3 is 2. The zero-order valence-corrected chi connectivity index (χ0v) is 20.3. The van der Waals surface area contributed by atoms with E-state index in [1.165, 1.54) is 44.6 Å². The van der Waals surface area contributed by atoms with Crippen molar-refractivity contribution in [1.82, 2.24) is 0 Å². The van der Waals surface area contributed by atoms with Crippen molar-refractivity contribution in [3.63, 3.8) is 0 Å². The fraction of sp³-hybridized carbons (Fsp3) is 0.240. The van der Waals surface area contributed by atoms with Crippen LogP contribution >= 0.6 is 0 Å². The van der Waals surface area contributed by atoms with Crippen molar-refractivity contribution in [2.75, 3.05) is 24.3 Å². The highest BCUT2D eigenvalue weighted by molar-refractivity contribution is 7.92. The molecular weight excluding hydrogens is 456 g/mol. The maximum Gasteiger partial charge on any atom is 0.265 e.